The third-order valence-electron chi connectivity index (χ3n) is 7.97. The van der Waals surface area contributed by atoms with Crippen LogP contribution in [0.5, 0.6) is 5.75 Å². The number of rotatable bonds is 12. The first-order valence-corrected chi connectivity index (χ1v) is 14.6. The van der Waals surface area contributed by atoms with E-state index in [1.54, 1.807) is 50.2 Å². The number of hydrogen-bond acceptors (Lipinski definition) is 6. The lowest BCUT2D eigenvalue weighted by Gasteiger charge is -2.38. The molecule has 2 unspecified atom stereocenters. The van der Waals surface area contributed by atoms with Gasteiger partial charge in [-0.2, -0.15) is 18.3 Å². The first-order valence-electron chi connectivity index (χ1n) is 14.6. The van der Waals surface area contributed by atoms with Crippen molar-refractivity contribution in [3.63, 3.8) is 0 Å². The predicted octanol–water partition coefficient (Wildman–Crippen LogP) is 5.55. The number of carbonyl (C=O) groups is 2. The minimum absolute atomic E-state index is 0.188. The Morgan fingerprint density at radius 3 is 2.46 bits per heavy atom. The van der Waals surface area contributed by atoms with Gasteiger partial charge in [-0.15, -0.1) is 0 Å². The molecule has 2 atom stereocenters. The summed E-state index contributed by atoms with van der Waals surface area (Å²) in [6.07, 6.45) is -4.05. The number of alkyl halides is 3. The largest absolute Gasteiger partial charge is 0.496 e. The van der Waals surface area contributed by atoms with E-state index in [9.17, 15) is 32.3 Å². The van der Waals surface area contributed by atoms with Crippen molar-refractivity contribution in [2.45, 2.75) is 63.8 Å². The Balaban J connectivity index is 1.65. The zero-order valence-electron chi connectivity index (χ0n) is 26.1. The molecule has 3 aromatic carbocycles. The highest BCUT2D eigenvalue weighted by atomic mass is 19.4. The van der Waals surface area contributed by atoms with Crippen LogP contribution in [0.3, 0.4) is 0 Å². The van der Waals surface area contributed by atoms with E-state index in [-0.39, 0.29) is 16.9 Å². The van der Waals surface area contributed by atoms with Crippen LogP contribution in [-0.4, -0.2) is 58.2 Å². The van der Waals surface area contributed by atoms with Crippen molar-refractivity contribution in [1.29, 1.82) is 0 Å². The molecule has 2 amide bonds. The summed E-state index contributed by atoms with van der Waals surface area (Å²) < 4.78 is 64.5. The number of benzene rings is 3. The Labute approximate surface area is 263 Å². The third kappa shape index (κ3) is 7.09. The molecule has 0 aliphatic carbocycles. The van der Waals surface area contributed by atoms with E-state index in [2.05, 4.69) is 15.7 Å². The van der Waals surface area contributed by atoms with Gasteiger partial charge in [0.1, 0.15) is 17.6 Å². The molecule has 4 rings (SSSR count). The SMILES string of the molecule is CCC(NC(=O)c1cccc(-n2ncc3c(NCC(O)(CC(C)(C)c4cc(F)ccc4OC)C(F)(F)F)cc(C)cc32)c1)C(N)=O. The maximum Gasteiger partial charge on any atom is 0.418 e. The van der Waals surface area contributed by atoms with E-state index in [1.165, 1.54) is 37.9 Å². The molecule has 46 heavy (non-hydrogen) atoms. The van der Waals surface area contributed by atoms with Gasteiger partial charge in [-0.05, 0) is 79.3 Å². The summed E-state index contributed by atoms with van der Waals surface area (Å²) >= 11 is 0. The Bertz CT molecular complexity index is 1750. The van der Waals surface area contributed by atoms with Crippen LogP contribution in [-0.2, 0) is 10.2 Å². The number of halogens is 4. The van der Waals surface area contributed by atoms with Crippen LogP contribution < -0.4 is 21.1 Å². The summed E-state index contributed by atoms with van der Waals surface area (Å²) in [4.78, 5) is 24.4. The number of primary amides is 1. The number of aryl methyl sites for hydroxylation is 1. The zero-order chi connectivity index (χ0) is 34.0. The molecule has 9 nitrogen and oxygen atoms in total. The van der Waals surface area contributed by atoms with Crippen molar-refractivity contribution >= 4 is 28.4 Å². The Morgan fingerprint density at radius 2 is 1.83 bits per heavy atom. The number of aromatic nitrogens is 2. The minimum Gasteiger partial charge on any atom is -0.496 e. The first-order chi connectivity index (χ1) is 21.5. The number of anilines is 1. The normalized spacial score (nSPS) is 14.0. The maximum absolute atomic E-state index is 14.5. The fourth-order valence-electron chi connectivity index (χ4n) is 5.55. The number of methoxy groups -OCH3 is 1. The zero-order valence-corrected chi connectivity index (χ0v) is 26.1. The van der Waals surface area contributed by atoms with Crippen LogP contribution in [0.15, 0.2) is 60.8 Å². The van der Waals surface area contributed by atoms with E-state index in [0.29, 0.717) is 34.3 Å². The fourth-order valence-corrected chi connectivity index (χ4v) is 5.55. The maximum atomic E-state index is 14.5. The van der Waals surface area contributed by atoms with Crippen molar-refractivity contribution < 1.29 is 37.0 Å². The fraction of sp³-hybridized carbons (Fsp3) is 0.364. The highest BCUT2D eigenvalue weighted by molar-refractivity contribution is 5.98. The molecule has 13 heteroatoms. The molecular weight excluding hydrogens is 606 g/mol. The summed E-state index contributed by atoms with van der Waals surface area (Å²) in [5.74, 6) is -1.60. The van der Waals surface area contributed by atoms with Gasteiger partial charge in [-0.3, -0.25) is 9.59 Å². The number of fused-ring (bicyclic) bond motifs is 1. The van der Waals surface area contributed by atoms with Gasteiger partial charge >= 0.3 is 6.18 Å². The molecular formula is C33H37F4N5O4. The highest BCUT2D eigenvalue weighted by Crippen LogP contribution is 2.44. The Morgan fingerprint density at radius 1 is 1.11 bits per heavy atom. The van der Waals surface area contributed by atoms with Crippen LogP contribution >= 0.6 is 0 Å². The van der Waals surface area contributed by atoms with E-state index >= 15 is 0 Å². The quantitative estimate of drug-likeness (QED) is 0.150. The predicted molar refractivity (Wildman–Crippen MR) is 167 cm³/mol. The molecule has 0 saturated carbocycles. The average molecular weight is 644 g/mol. The second kappa shape index (κ2) is 13.0. The molecule has 0 saturated heterocycles. The molecule has 1 aromatic heterocycles. The lowest BCUT2D eigenvalue weighted by atomic mass is 9.74. The lowest BCUT2D eigenvalue weighted by molar-refractivity contribution is -0.260. The first kappa shape index (κ1) is 34.2. The van der Waals surface area contributed by atoms with Crippen molar-refractivity contribution in [2.24, 2.45) is 5.73 Å². The number of nitrogens with one attached hydrogen (secondary N) is 2. The molecule has 0 aliphatic heterocycles. The van der Waals surface area contributed by atoms with Gasteiger partial charge in [0, 0.05) is 22.2 Å². The summed E-state index contributed by atoms with van der Waals surface area (Å²) in [5.41, 5.74) is 3.23. The van der Waals surface area contributed by atoms with Crippen LogP contribution in [0.25, 0.3) is 16.6 Å². The van der Waals surface area contributed by atoms with Crippen molar-refractivity contribution in [3.8, 4) is 11.4 Å². The molecule has 5 N–H and O–H groups in total. The summed E-state index contributed by atoms with van der Waals surface area (Å²) in [7, 11) is 1.34. The van der Waals surface area contributed by atoms with Crippen molar-refractivity contribution in [1.82, 2.24) is 15.1 Å². The van der Waals surface area contributed by atoms with E-state index in [4.69, 9.17) is 10.5 Å². The Kier molecular flexibility index (Phi) is 9.67. The number of nitrogens with zero attached hydrogens (tertiary/aromatic N) is 2. The van der Waals surface area contributed by atoms with Gasteiger partial charge in [-0.1, -0.05) is 26.8 Å². The second-order valence-corrected chi connectivity index (χ2v) is 12.0. The van der Waals surface area contributed by atoms with Crippen LogP contribution in [0.2, 0.25) is 0 Å². The number of aliphatic hydroxyl groups is 1. The standard InChI is InChI=1S/C33H37F4N5O4/c1-6-25(29(38)43)41-30(44)20-8-7-9-22(14-20)42-27-13-19(2)12-26(23(27)16-40-42)39-18-32(45,33(35,36)37)17-31(3,4)24-15-21(34)10-11-28(24)46-5/h7-16,25,39,45H,6,17-18H2,1-5H3,(H2,38,43)(H,41,44). The van der Waals surface area contributed by atoms with Gasteiger partial charge in [0.05, 0.1) is 31.1 Å². The minimum atomic E-state index is -5.04. The van der Waals surface area contributed by atoms with E-state index in [0.717, 1.165) is 12.1 Å². The highest BCUT2D eigenvalue weighted by Gasteiger charge is 2.56. The van der Waals surface area contributed by atoms with Gasteiger partial charge in [0.2, 0.25) is 5.91 Å². The van der Waals surface area contributed by atoms with Gasteiger partial charge < -0.3 is 26.2 Å². The van der Waals surface area contributed by atoms with Crippen LogP contribution in [0.4, 0.5) is 23.2 Å². The van der Waals surface area contributed by atoms with E-state index < -0.39 is 53.8 Å². The number of ether oxygens (including phenoxy) is 1. The summed E-state index contributed by atoms with van der Waals surface area (Å²) in [6.45, 7) is 5.54. The van der Waals surface area contributed by atoms with Crippen LogP contribution in [0.1, 0.15) is 55.1 Å². The molecule has 0 aliphatic rings. The van der Waals surface area contributed by atoms with Crippen molar-refractivity contribution in [3.05, 3.63) is 83.3 Å². The summed E-state index contributed by atoms with van der Waals surface area (Å²) in [6, 6.07) is 12.7. The topological polar surface area (TPSA) is 132 Å². The number of hydrogen-bond donors (Lipinski definition) is 4. The van der Waals surface area contributed by atoms with E-state index in [1.807, 2.05) is 0 Å². The number of amides is 2. The lowest BCUT2D eigenvalue weighted by Crippen LogP contribution is -2.53. The van der Waals surface area contributed by atoms with Gasteiger partial charge in [0.15, 0.2) is 5.60 Å². The van der Waals surface area contributed by atoms with Gasteiger partial charge in [-0.25, -0.2) is 9.07 Å². The van der Waals surface area contributed by atoms with Crippen LogP contribution in [0, 0.1) is 12.7 Å². The third-order valence-corrected chi connectivity index (χ3v) is 7.97. The molecule has 1 heterocycles. The smallest absolute Gasteiger partial charge is 0.418 e. The molecule has 0 fully saturated rings. The monoisotopic (exact) mass is 643 g/mol. The molecule has 246 valence electrons. The molecule has 0 radical (unpaired) electrons. The molecule has 4 aromatic rings. The number of nitrogens with two attached hydrogens (primary N) is 1. The number of carbonyl (C=O) groups excluding carboxylic acids is 2. The second-order valence-electron chi connectivity index (χ2n) is 12.0. The van der Waals surface area contributed by atoms with Gasteiger partial charge in [0.25, 0.3) is 5.91 Å². The Hall–Kier alpha value is -4.65. The molecule has 0 spiro atoms. The van der Waals surface area contributed by atoms with Crippen molar-refractivity contribution in [2.75, 3.05) is 19.0 Å². The average Bonchev–Trinajstić information content (AvgIpc) is 3.41. The summed E-state index contributed by atoms with van der Waals surface area (Å²) in [5, 5.41) is 21.4. The molecule has 0 bridgehead atoms.